The Balaban J connectivity index is 1.56. The largest absolute Gasteiger partial charge is 0.456 e. The smallest absolute Gasteiger partial charge is 0.340 e. The molecular formula is C21H19N3O4. The molecule has 1 aromatic carbocycles. The van der Waals surface area contributed by atoms with Gasteiger partial charge in [0.15, 0.2) is 0 Å². The quantitative estimate of drug-likeness (QED) is 0.653. The highest BCUT2D eigenvalue weighted by molar-refractivity contribution is 6.03. The number of aryl methyl sites for hydroxylation is 1. The minimum Gasteiger partial charge on any atom is -0.456 e. The lowest BCUT2D eigenvalue weighted by Crippen LogP contribution is -2.26. The number of fused-ring (bicyclic) bond motifs is 1. The molecule has 1 saturated heterocycles. The molecule has 0 saturated carbocycles. The maximum atomic E-state index is 12.6. The van der Waals surface area contributed by atoms with Gasteiger partial charge in [-0.05, 0) is 37.1 Å². The molecule has 4 rings (SSSR count). The Hall–Kier alpha value is -3.48. The van der Waals surface area contributed by atoms with E-state index in [-0.39, 0.29) is 18.1 Å². The van der Waals surface area contributed by atoms with Crippen LogP contribution < -0.4 is 10.5 Å². The van der Waals surface area contributed by atoms with Crippen molar-refractivity contribution in [3.05, 3.63) is 75.8 Å². The molecule has 0 radical (unpaired) electrons. The van der Waals surface area contributed by atoms with E-state index in [1.807, 2.05) is 13.0 Å². The predicted molar refractivity (Wildman–Crippen MR) is 103 cm³/mol. The Morgan fingerprint density at radius 1 is 1.18 bits per heavy atom. The highest BCUT2D eigenvalue weighted by Gasteiger charge is 2.26. The molecule has 3 heterocycles. The second-order valence-corrected chi connectivity index (χ2v) is 6.76. The maximum absolute atomic E-state index is 12.6. The average Bonchev–Trinajstić information content (AvgIpc) is 3.12. The van der Waals surface area contributed by atoms with Gasteiger partial charge in [-0.25, -0.2) is 9.78 Å². The summed E-state index contributed by atoms with van der Waals surface area (Å²) in [4.78, 5) is 42.9. The van der Waals surface area contributed by atoms with Gasteiger partial charge < -0.3 is 9.64 Å². The van der Waals surface area contributed by atoms with Crippen molar-refractivity contribution in [3.8, 4) is 0 Å². The van der Waals surface area contributed by atoms with Gasteiger partial charge in [0.05, 0.1) is 16.9 Å². The van der Waals surface area contributed by atoms with Crippen LogP contribution in [0.15, 0.2) is 53.5 Å². The van der Waals surface area contributed by atoms with Crippen molar-refractivity contribution in [2.75, 3.05) is 11.4 Å². The molecule has 0 bridgehead atoms. The van der Waals surface area contributed by atoms with Gasteiger partial charge in [-0.1, -0.05) is 18.2 Å². The number of carbonyl (C=O) groups excluding carboxylic acids is 2. The van der Waals surface area contributed by atoms with Crippen molar-refractivity contribution in [3.63, 3.8) is 0 Å². The third kappa shape index (κ3) is 3.38. The number of carbonyl (C=O) groups is 2. The monoisotopic (exact) mass is 377 g/mol. The van der Waals surface area contributed by atoms with Crippen LogP contribution in [0.5, 0.6) is 0 Å². The lowest BCUT2D eigenvalue weighted by atomic mass is 10.1. The SMILES string of the molecule is Cc1ccc2nc(COC(=O)c3ccccc3N3CCCC3=O)cc(=O)n2c1. The maximum Gasteiger partial charge on any atom is 0.340 e. The van der Waals surface area contributed by atoms with Gasteiger partial charge in [0.2, 0.25) is 5.91 Å². The molecule has 0 spiro atoms. The van der Waals surface area contributed by atoms with Crippen molar-refractivity contribution < 1.29 is 14.3 Å². The Morgan fingerprint density at radius 3 is 2.79 bits per heavy atom. The zero-order chi connectivity index (χ0) is 19.7. The Morgan fingerprint density at radius 2 is 2.00 bits per heavy atom. The molecule has 0 N–H and O–H groups in total. The molecule has 0 atom stereocenters. The molecule has 142 valence electrons. The number of benzene rings is 1. The number of amides is 1. The van der Waals surface area contributed by atoms with E-state index in [4.69, 9.17) is 4.74 Å². The molecule has 0 aliphatic carbocycles. The summed E-state index contributed by atoms with van der Waals surface area (Å²) in [5.74, 6) is -0.555. The van der Waals surface area contributed by atoms with Crippen molar-refractivity contribution in [2.45, 2.75) is 26.4 Å². The zero-order valence-electron chi connectivity index (χ0n) is 15.4. The highest BCUT2D eigenvalue weighted by atomic mass is 16.5. The van der Waals surface area contributed by atoms with E-state index in [2.05, 4.69) is 4.98 Å². The number of hydrogen-bond acceptors (Lipinski definition) is 5. The summed E-state index contributed by atoms with van der Waals surface area (Å²) in [6.07, 6.45) is 2.96. The topological polar surface area (TPSA) is 81.0 Å². The van der Waals surface area contributed by atoms with Crippen LogP contribution in [-0.4, -0.2) is 27.8 Å². The fourth-order valence-electron chi connectivity index (χ4n) is 3.33. The van der Waals surface area contributed by atoms with Crippen LogP contribution in [0.4, 0.5) is 5.69 Å². The van der Waals surface area contributed by atoms with E-state index >= 15 is 0 Å². The van der Waals surface area contributed by atoms with E-state index in [9.17, 15) is 14.4 Å². The summed E-state index contributed by atoms with van der Waals surface area (Å²) < 4.78 is 6.84. The summed E-state index contributed by atoms with van der Waals surface area (Å²) in [6, 6.07) is 11.8. The summed E-state index contributed by atoms with van der Waals surface area (Å²) in [6.45, 7) is 2.36. The lowest BCUT2D eigenvalue weighted by Gasteiger charge is -2.18. The van der Waals surface area contributed by atoms with E-state index in [1.54, 1.807) is 41.4 Å². The molecule has 7 nitrogen and oxygen atoms in total. The predicted octanol–water partition coefficient (Wildman–Crippen LogP) is 2.49. The lowest BCUT2D eigenvalue weighted by molar-refractivity contribution is -0.117. The Kier molecular flexibility index (Phi) is 4.65. The number of aromatic nitrogens is 2. The molecule has 7 heteroatoms. The Labute approximate surface area is 161 Å². The van der Waals surface area contributed by atoms with Crippen LogP contribution in [0.25, 0.3) is 5.65 Å². The fourth-order valence-corrected chi connectivity index (χ4v) is 3.33. The first kappa shape index (κ1) is 17.9. The zero-order valence-corrected chi connectivity index (χ0v) is 15.4. The molecule has 1 fully saturated rings. The van der Waals surface area contributed by atoms with Gasteiger partial charge in [-0.3, -0.25) is 14.0 Å². The molecule has 28 heavy (non-hydrogen) atoms. The van der Waals surface area contributed by atoms with Crippen LogP contribution in [0, 0.1) is 6.92 Å². The van der Waals surface area contributed by atoms with Crippen LogP contribution in [0.2, 0.25) is 0 Å². The summed E-state index contributed by atoms with van der Waals surface area (Å²) in [5, 5.41) is 0. The summed E-state index contributed by atoms with van der Waals surface area (Å²) in [7, 11) is 0. The standard InChI is InChI=1S/C21H19N3O4/c1-14-8-9-18-22-15(11-20(26)24(18)12-14)13-28-21(27)16-5-2-3-6-17(16)23-10-4-7-19(23)25/h2-3,5-6,8-9,11-12H,4,7,10,13H2,1H3. The first-order valence-electron chi connectivity index (χ1n) is 9.08. The van der Waals surface area contributed by atoms with Gasteiger partial charge in [-0.15, -0.1) is 0 Å². The molecule has 1 aliphatic heterocycles. The Bertz CT molecular complexity index is 1140. The van der Waals surface area contributed by atoms with Crippen LogP contribution >= 0.6 is 0 Å². The second kappa shape index (κ2) is 7.26. The number of nitrogens with zero attached hydrogens (tertiary/aromatic N) is 3. The molecule has 3 aromatic rings. The van der Waals surface area contributed by atoms with Crippen molar-refractivity contribution in [1.29, 1.82) is 0 Å². The van der Waals surface area contributed by atoms with Gasteiger partial charge in [0.1, 0.15) is 12.3 Å². The summed E-state index contributed by atoms with van der Waals surface area (Å²) >= 11 is 0. The fraction of sp³-hybridized carbons (Fsp3) is 0.238. The molecule has 1 amide bonds. The van der Waals surface area contributed by atoms with E-state index in [1.165, 1.54) is 10.5 Å². The van der Waals surface area contributed by atoms with Crippen LogP contribution in [0.3, 0.4) is 0 Å². The first-order valence-corrected chi connectivity index (χ1v) is 9.08. The third-order valence-corrected chi connectivity index (χ3v) is 4.70. The molecule has 0 unspecified atom stereocenters. The van der Waals surface area contributed by atoms with E-state index < -0.39 is 5.97 Å². The van der Waals surface area contributed by atoms with Gasteiger partial charge in [0.25, 0.3) is 5.56 Å². The van der Waals surface area contributed by atoms with Gasteiger partial charge >= 0.3 is 5.97 Å². The number of ether oxygens (including phenoxy) is 1. The van der Waals surface area contributed by atoms with Crippen molar-refractivity contribution >= 4 is 23.2 Å². The van der Waals surface area contributed by atoms with Crippen LogP contribution in [0.1, 0.15) is 34.5 Å². The third-order valence-electron chi connectivity index (χ3n) is 4.70. The molecule has 1 aliphatic rings. The number of para-hydroxylation sites is 1. The number of hydrogen-bond donors (Lipinski definition) is 0. The van der Waals surface area contributed by atoms with Crippen molar-refractivity contribution in [1.82, 2.24) is 9.38 Å². The van der Waals surface area contributed by atoms with Gasteiger partial charge in [0, 0.05) is 25.2 Å². The molecule has 2 aromatic heterocycles. The van der Waals surface area contributed by atoms with E-state index in [0.717, 1.165) is 12.0 Å². The second-order valence-electron chi connectivity index (χ2n) is 6.76. The minimum absolute atomic E-state index is 0.000221. The highest BCUT2D eigenvalue weighted by Crippen LogP contribution is 2.26. The summed E-state index contributed by atoms with van der Waals surface area (Å²) in [5.41, 5.74) is 2.46. The molecular weight excluding hydrogens is 358 g/mol. The minimum atomic E-state index is -0.554. The van der Waals surface area contributed by atoms with Crippen LogP contribution in [-0.2, 0) is 16.1 Å². The number of rotatable bonds is 4. The number of anilines is 1. The number of esters is 1. The van der Waals surface area contributed by atoms with Gasteiger partial charge in [-0.2, -0.15) is 0 Å². The number of pyridine rings is 1. The normalized spacial score (nSPS) is 13.9. The first-order chi connectivity index (χ1) is 13.5. The average molecular weight is 377 g/mol. The van der Waals surface area contributed by atoms with Crippen molar-refractivity contribution in [2.24, 2.45) is 0 Å². The van der Waals surface area contributed by atoms with E-state index in [0.29, 0.717) is 35.6 Å².